The number of aryl methyl sites for hydroxylation is 2. The van der Waals surface area contributed by atoms with Gasteiger partial charge in [-0.05, 0) is 6.92 Å². The summed E-state index contributed by atoms with van der Waals surface area (Å²) in [6.45, 7) is 1.53. The zero-order chi connectivity index (χ0) is 13.0. The van der Waals surface area contributed by atoms with Gasteiger partial charge in [0.25, 0.3) is 11.2 Å². The van der Waals surface area contributed by atoms with Crippen molar-refractivity contribution < 1.29 is 9.72 Å². The number of rotatable bonds is 4. The lowest BCUT2D eigenvalue weighted by atomic mass is 10.2. The first-order valence-electron chi connectivity index (χ1n) is 4.80. The number of aromatic nitrogens is 1. The molecule has 0 radical (unpaired) electrons. The van der Waals surface area contributed by atoms with Crippen molar-refractivity contribution in [3.05, 3.63) is 38.3 Å². The Morgan fingerprint density at radius 1 is 1.65 bits per heavy atom. The predicted octanol–water partition coefficient (Wildman–Crippen LogP) is -0.555. The number of amides is 1. The minimum Gasteiger partial charge on any atom is -0.308 e. The molecule has 8 heteroatoms. The van der Waals surface area contributed by atoms with Gasteiger partial charge in [0, 0.05) is 24.6 Å². The van der Waals surface area contributed by atoms with Crippen LogP contribution in [0.4, 0.5) is 5.69 Å². The van der Waals surface area contributed by atoms with Crippen LogP contribution in [0.3, 0.4) is 0 Å². The van der Waals surface area contributed by atoms with Crippen LogP contribution in [0.15, 0.2) is 17.1 Å². The van der Waals surface area contributed by atoms with Crippen LogP contribution in [0.5, 0.6) is 0 Å². The first-order valence-corrected chi connectivity index (χ1v) is 4.80. The molecule has 3 N–H and O–H groups in total. The maximum absolute atomic E-state index is 11.5. The van der Waals surface area contributed by atoms with E-state index in [1.807, 2.05) is 5.43 Å². The lowest BCUT2D eigenvalue weighted by Crippen LogP contribution is -2.32. The minimum absolute atomic E-state index is 0.0172. The molecule has 0 fully saturated rings. The molecule has 1 heterocycles. The molecule has 0 saturated heterocycles. The van der Waals surface area contributed by atoms with Gasteiger partial charge in [-0.15, -0.1) is 0 Å². The van der Waals surface area contributed by atoms with Crippen molar-refractivity contribution in [1.82, 2.24) is 9.99 Å². The quantitative estimate of drug-likeness (QED) is 0.316. The molecule has 0 aliphatic rings. The number of nitrogens with one attached hydrogen (secondary N) is 1. The van der Waals surface area contributed by atoms with E-state index in [4.69, 9.17) is 5.84 Å². The molecular formula is C9H12N4O4. The summed E-state index contributed by atoms with van der Waals surface area (Å²) in [5, 5.41) is 10.7. The second-order valence-corrected chi connectivity index (χ2v) is 3.45. The molecular weight excluding hydrogens is 228 g/mol. The number of hydrogen-bond donors (Lipinski definition) is 2. The summed E-state index contributed by atoms with van der Waals surface area (Å²) >= 11 is 0. The van der Waals surface area contributed by atoms with E-state index in [0.29, 0.717) is 5.56 Å². The van der Waals surface area contributed by atoms with Crippen LogP contribution in [-0.2, 0) is 11.3 Å². The van der Waals surface area contributed by atoms with E-state index in [-0.39, 0.29) is 18.7 Å². The number of pyridine rings is 1. The number of hydrazine groups is 1. The first-order chi connectivity index (χ1) is 7.95. The van der Waals surface area contributed by atoms with Crippen molar-refractivity contribution in [2.75, 3.05) is 0 Å². The molecule has 1 amide bonds. The average molecular weight is 240 g/mol. The molecule has 8 nitrogen and oxygen atoms in total. The second-order valence-electron chi connectivity index (χ2n) is 3.45. The van der Waals surface area contributed by atoms with Crippen molar-refractivity contribution in [2.45, 2.75) is 19.9 Å². The molecule has 0 atom stereocenters. The van der Waals surface area contributed by atoms with Crippen LogP contribution >= 0.6 is 0 Å². The van der Waals surface area contributed by atoms with Crippen LogP contribution in [-0.4, -0.2) is 15.4 Å². The third-order valence-corrected chi connectivity index (χ3v) is 2.24. The predicted molar refractivity (Wildman–Crippen MR) is 59.0 cm³/mol. The molecule has 1 aromatic rings. The lowest BCUT2D eigenvalue weighted by molar-refractivity contribution is -0.385. The van der Waals surface area contributed by atoms with Crippen LogP contribution in [0, 0.1) is 17.0 Å². The van der Waals surface area contributed by atoms with Crippen molar-refractivity contribution in [3.63, 3.8) is 0 Å². The normalized spacial score (nSPS) is 10.0. The maximum atomic E-state index is 11.5. The van der Waals surface area contributed by atoms with Crippen molar-refractivity contribution in [2.24, 2.45) is 5.84 Å². The molecule has 92 valence electrons. The molecule has 0 bridgehead atoms. The zero-order valence-electron chi connectivity index (χ0n) is 9.17. The average Bonchev–Trinajstić information content (AvgIpc) is 2.26. The van der Waals surface area contributed by atoms with Crippen LogP contribution in [0.25, 0.3) is 0 Å². The Morgan fingerprint density at radius 2 is 2.29 bits per heavy atom. The van der Waals surface area contributed by atoms with Crippen LogP contribution in [0.2, 0.25) is 0 Å². The fraction of sp³-hybridized carbons (Fsp3) is 0.333. The fourth-order valence-electron chi connectivity index (χ4n) is 1.32. The van der Waals surface area contributed by atoms with E-state index in [9.17, 15) is 19.7 Å². The van der Waals surface area contributed by atoms with Gasteiger partial charge in [-0.3, -0.25) is 25.1 Å². The summed E-state index contributed by atoms with van der Waals surface area (Å²) in [4.78, 5) is 32.5. The van der Waals surface area contributed by atoms with Gasteiger partial charge >= 0.3 is 0 Å². The highest BCUT2D eigenvalue weighted by Gasteiger charge is 2.13. The maximum Gasteiger partial charge on any atom is 0.288 e. The van der Waals surface area contributed by atoms with Gasteiger partial charge in [-0.1, -0.05) is 0 Å². The van der Waals surface area contributed by atoms with E-state index >= 15 is 0 Å². The summed E-state index contributed by atoms with van der Waals surface area (Å²) in [7, 11) is 0. The fourth-order valence-corrected chi connectivity index (χ4v) is 1.32. The number of nitrogens with two attached hydrogens (primary N) is 1. The highest BCUT2D eigenvalue weighted by Crippen LogP contribution is 2.13. The number of carbonyl (C=O) groups is 1. The number of hydrogen-bond acceptors (Lipinski definition) is 5. The molecule has 0 saturated carbocycles. The van der Waals surface area contributed by atoms with E-state index in [1.54, 1.807) is 0 Å². The molecule has 0 unspecified atom stereocenters. The SMILES string of the molecule is Cc1cc(=O)n(CCC(=O)NN)cc1[N+](=O)[O-]. The Balaban J connectivity index is 3.00. The highest BCUT2D eigenvalue weighted by atomic mass is 16.6. The number of nitrogens with zero attached hydrogens (tertiary/aromatic N) is 2. The molecule has 0 spiro atoms. The first kappa shape index (κ1) is 12.8. The Kier molecular flexibility index (Phi) is 3.94. The molecule has 1 aromatic heterocycles. The van der Waals surface area contributed by atoms with Crippen LogP contribution < -0.4 is 16.8 Å². The van der Waals surface area contributed by atoms with E-state index < -0.39 is 16.4 Å². The summed E-state index contributed by atoms with van der Waals surface area (Å²) in [6, 6.07) is 1.17. The third kappa shape index (κ3) is 3.11. The molecule has 0 aromatic carbocycles. The molecule has 0 aliphatic carbocycles. The minimum atomic E-state index is -0.575. The van der Waals surface area contributed by atoms with Crippen molar-refractivity contribution in [3.8, 4) is 0 Å². The van der Waals surface area contributed by atoms with Gasteiger partial charge in [0.1, 0.15) is 0 Å². The van der Waals surface area contributed by atoms with E-state index in [2.05, 4.69) is 0 Å². The van der Waals surface area contributed by atoms with Gasteiger partial charge in [0.2, 0.25) is 5.91 Å². The standard InChI is InChI=1S/C9H12N4O4/c1-6-4-9(15)12(3-2-8(14)11-10)5-7(6)13(16)17/h4-5H,2-3,10H2,1H3,(H,11,14). The Morgan fingerprint density at radius 3 is 2.82 bits per heavy atom. The number of nitro groups is 1. The summed E-state index contributed by atoms with van der Waals surface area (Å²) in [6.07, 6.45) is 1.11. The molecule has 0 aliphatic heterocycles. The molecule has 17 heavy (non-hydrogen) atoms. The monoisotopic (exact) mass is 240 g/mol. The van der Waals surface area contributed by atoms with E-state index in [0.717, 1.165) is 10.8 Å². The van der Waals surface area contributed by atoms with Gasteiger partial charge in [0.05, 0.1) is 11.1 Å². The largest absolute Gasteiger partial charge is 0.308 e. The van der Waals surface area contributed by atoms with Gasteiger partial charge in [0.15, 0.2) is 0 Å². The van der Waals surface area contributed by atoms with Gasteiger partial charge in [-0.25, -0.2) is 5.84 Å². The highest BCUT2D eigenvalue weighted by molar-refractivity contribution is 5.75. The zero-order valence-corrected chi connectivity index (χ0v) is 9.17. The summed E-state index contributed by atoms with van der Waals surface area (Å²) in [5.74, 6) is 4.44. The Bertz CT molecular complexity index is 508. The smallest absolute Gasteiger partial charge is 0.288 e. The van der Waals surface area contributed by atoms with E-state index in [1.165, 1.54) is 13.0 Å². The topological polar surface area (TPSA) is 120 Å². The van der Waals surface area contributed by atoms with Gasteiger partial charge < -0.3 is 4.57 Å². The lowest BCUT2D eigenvalue weighted by Gasteiger charge is -2.05. The summed E-state index contributed by atoms with van der Waals surface area (Å²) < 4.78 is 1.11. The Hall–Kier alpha value is -2.22. The van der Waals surface area contributed by atoms with Crippen molar-refractivity contribution >= 4 is 11.6 Å². The Labute approximate surface area is 96.2 Å². The summed E-state index contributed by atoms with van der Waals surface area (Å²) in [5.41, 5.74) is 1.66. The van der Waals surface area contributed by atoms with Gasteiger partial charge in [-0.2, -0.15) is 0 Å². The van der Waals surface area contributed by atoms with Crippen LogP contribution in [0.1, 0.15) is 12.0 Å². The third-order valence-electron chi connectivity index (χ3n) is 2.24. The number of carbonyl (C=O) groups excluding carboxylic acids is 1. The van der Waals surface area contributed by atoms with Crippen molar-refractivity contribution in [1.29, 1.82) is 0 Å². The second kappa shape index (κ2) is 5.21. The molecule has 1 rings (SSSR count).